The number of hydrogen-bond donors (Lipinski definition) is 2. The van der Waals surface area contributed by atoms with Crippen molar-refractivity contribution in [3.63, 3.8) is 0 Å². The number of aryl methyl sites for hydroxylation is 1. The summed E-state index contributed by atoms with van der Waals surface area (Å²) >= 11 is 6.78. The van der Waals surface area contributed by atoms with Gasteiger partial charge in [-0.25, -0.2) is 9.37 Å². The van der Waals surface area contributed by atoms with Crippen molar-refractivity contribution in [2.45, 2.75) is 32.0 Å². The van der Waals surface area contributed by atoms with E-state index in [1.54, 1.807) is 12.1 Å². The average molecular weight is 512 g/mol. The molecule has 9 heteroatoms. The molecule has 1 saturated heterocycles. The third kappa shape index (κ3) is 3.66. The molecule has 0 bridgehead atoms. The Morgan fingerprint density at radius 2 is 2.03 bits per heavy atom. The summed E-state index contributed by atoms with van der Waals surface area (Å²) in [5.41, 5.74) is 3.35. The third-order valence-corrected chi connectivity index (χ3v) is 7.81. The number of pyridine rings is 1. The van der Waals surface area contributed by atoms with Crippen molar-refractivity contribution >= 4 is 33.9 Å². The molecule has 190 valence electrons. The van der Waals surface area contributed by atoms with Crippen molar-refractivity contribution in [1.29, 1.82) is 0 Å². The molecule has 2 aromatic carbocycles. The number of halogens is 2. The van der Waals surface area contributed by atoms with Gasteiger partial charge in [-0.3, -0.25) is 0 Å². The molecule has 3 aliphatic rings. The van der Waals surface area contributed by atoms with Crippen LogP contribution in [0.15, 0.2) is 24.3 Å². The molecule has 7 nitrogen and oxygen atoms in total. The number of likely N-dealkylation sites (N-methyl/N-ethyl adjacent to an activating group) is 1. The van der Waals surface area contributed by atoms with Gasteiger partial charge in [0.15, 0.2) is 5.82 Å². The molecule has 6 rings (SSSR count). The minimum atomic E-state index is -0.545. The van der Waals surface area contributed by atoms with E-state index in [1.165, 1.54) is 0 Å². The smallest absolute Gasteiger partial charge is 0.240 e. The van der Waals surface area contributed by atoms with Gasteiger partial charge in [0, 0.05) is 48.7 Å². The second kappa shape index (κ2) is 8.64. The molecule has 0 saturated carbocycles. The molecular weight excluding hydrogens is 481 g/mol. The summed E-state index contributed by atoms with van der Waals surface area (Å²) in [5.74, 6) is -0.100. The van der Waals surface area contributed by atoms with E-state index in [0.29, 0.717) is 22.9 Å². The number of hydrogen-bond acceptors (Lipinski definition) is 7. The summed E-state index contributed by atoms with van der Waals surface area (Å²) in [6.45, 7) is 7.97. The predicted octanol–water partition coefficient (Wildman–Crippen LogP) is 4.02. The molecular formula is C27H31ClFN5O2. The Labute approximate surface area is 215 Å². The summed E-state index contributed by atoms with van der Waals surface area (Å²) in [5, 5.41) is 15.1. The van der Waals surface area contributed by atoms with Crippen LogP contribution in [-0.2, 0) is 0 Å². The lowest BCUT2D eigenvalue weighted by Crippen LogP contribution is -2.63. The van der Waals surface area contributed by atoms with E-state index in [-0.39, 0.29) is 34.0 Å². The minimum absolute atomic E-state index is 0.0149. The first kappa shape index (κ1) is 23.6. The Kier molecular flexibility index (Phi) is 5.66. The van der Waals surface area contributed by atoms with Gasteiger partial charge in [0.1, 0.15) is 23.1 Å². The van der Waals surface area contributed by atoms with Crippen molar-refractivity contribution in [3.05, 3.63) is 40.7 Å². The first-order chi connectivity index (χ1) is 17.2. The number of fused-ring (bicyclic) bond motifs is 4. The molecule has 1 aromatic heterocycles. The normalized spacial score (nSPS) is 23.0. The number of benzene rings is 2. The number of ether oxygens (including phenoxy) is 1. The van der Waals surface area contributed by atoms with Gasteiger partial charge in [-0.05, 0) is 45.6 Å². The monoisotopic (exact) mass is 511 g/mol. The molecule has 3 aromatic rings. The number of phenolic OH excluding ortho intramolecular Hbond substituents is 1. The zero-order valence-electron chi connectivity index (χ0n) is 21.0. The van der Waals surface area contributed by atoms with E-state index in [2.05, 4.69) is 26.9 Å². The Hall–Kier alpha value is -2.81. The van der Waals surface area contributed by atoms with Crippen LogP contribution < -0.4 is 19.9 Å². The topological polar surface area (TPSA) is 64.1 Å². The molecule has 0 unspecified atom stereocenters. The molecule has 4 heterocycles. The lowest BCUT2D eigenvalue weighted by Gasteiger charge is -2.51. The number of phenols is 1. The van der Waals surface area contributed by atoms with E-state index in [0.717, 1.165) is 49.7 Å². The lowest BCUT2D eigenvalue weighted by molar-refractivity contribution is 0.146. The number of aromatic nitrogens is 1. The van der Waals surface area contributed by atoms with Gasteiger partial charge in [-0.15, -0.1) is 0 Å². The van der Waals surface area contributed by atoms with Crippen molar-refractivity contribution in [1.82, 2.24) is 15.2 Å². The fourth-order valence-electron chi connectivity index (χ4n) is 5.99. The van der Waals surface area contributed by atoms with Crippen LogP contribution in [0.1, 0.15) is 12.5 Å². The van der Waals surface area contributed by atoms with E-state index >= 15 is 4.39 Å². The molecule has 3 atom stereocenters. The maximum absolute atomic E-state index is 16.4. The molecule has 0 aliphatic carbocycles. The van der Waals surface area contributed by atoms with Gasteiger partial charge in [0.25, 0.3) is 0 Å². The van der Waals surface area contributed by atoms with Crippen LogP contribution in [0, 0.1) is 12.7 Å². The largest absolute Gasteiger partial charge is 0.507 e. The Morgan fingerprint density at radius 1 is 1.22 bits per heavy atom. The highest BCUT2D eigenvalue weighted by Gasteiger charge is 2.42. The Bertz CT molecular complexity index is 1350. The van der Waals surface area contributed by atoms with Gasteiger partial charge >= 0.3 is 0 Å². The van der Waals surface area contributed by atoms with Gasteiger partial charge in [0.05, 0.1) is 23.3 Å². The standard InChI is InChI=1S/C27H31ClFN5O2/c1-14-6-5-7-20(35)21(14)22-19(28)8-18-24(23(22)29)31-27-26-25(18)34-10-15(2)30-9-16(34)11-33(26)13-17(36-27)12-32(3)4/h5-8,15-17,30,35H,9-13H2,1-4H3/t15-,16-,17-/m1/s1. The van der Waals surface area contributed by atoms with Gasteiger partial charge < -0.3 is 29.9 Å². The van der Waals surface area contributed by atoms with Crippen LogP contribution in [0.3, 0.4) is 0 Å². The Balaban J connectivity index is 1.63. The first-order valence-corrected chi connectivity index (χ1v) is 12.8. The Morgan fingerprint density at radius 3 is 2.78 bits per heavy atom. The van der Waals surface area contributed by atoms with Crippen molar-refractivity contribution in [3.8, 4) is 22.8 Å². The minimum Gasteiger partial charge on any atom is -0.507 e. The van der Waals surface area contributed by atoms with Crippen molar-refractivity contribution < 1.29 is 14.2 Å². The molecule has 36 heavy (non-hydrogen) atoms. The fraction of sp³-hybridized carbons (Fsp3) is 0.444. The van der Waals surface area contributed by atoms with Crippen molar-refractivity contribution in [2.24, 2.45) is 0 Å². The van der Waals surface area contributed by atoms with Gasteiger partial charge in [-0.1, -0.05) is 23.7 Å². The number of anilines is 2. The second-order valence-corrected chi connectivity index (χ2v) is 11.0. The number of rotatable bonds is 3. The summed E-state index contributed by atoms with van der Waals surface area (Å²) in [6, 6.07) is 7.46. The van der Waals surface area contributed by atoms with E-state index in [4.69, 9.17) is 21.3 Å². The number of piperazine rings is 1. The lowest BCUT2D eigenvalue weighted by atomic mass is 9.94. The molecule has 0 radical (unpaired) electrons. The van der Waals surface area contributed by atoms with Crippen molar-refractivity contribution in [2.75, 3.05) is 56.6 Å². The molecule has 1 fully saturated rings. The highest BCUT2D eigenvalue weighted by atomic mass is 35.5. The maximum atomic E-state index is 16.4. The van der Waals surface area contributed by atoms with E-state index in [9.17, 15) is 5.11 Å². The first-order valence-electron chi connectivity index (χ1n) is 12.4. The summed E-state index contributed by atoms with van der Waals surface area (Å²) in [7, 11) is 4.04. The summed E-state index contributed by atoms with van der Waals surface area (Å²) < 4.78 is 22.8. The number of nitrogens with one attached hydrogen (secondary N) is 1. The van der Waals surface area contributed by atoms with Crippen LogP contribution in [-0.4, -0.2) is 80.0 Å². The quantitative estimate of drug-likeness (QED) is 0.550. The average Bonchev–Trinajstić information content (AvgIpc) is 2.81. The van der Waals surface area contributed by atoms with Crippen LogP contribution in [0.5, 0.6) is 11.6 Å². The van der Waals surface area contributed by atoms with E-state index in [1.807, 2.05) is 33.2 Å². The molecule has 0 amide bonds. The van der Waals surface area contributed by atoms with Crippen LogP contribution in [0.4, 0.5) is 15.8 Å². The van der Waals surface area contributed by atoms with E-state index < -0.39 is 5.82 Å². The van der Waals surface area contributed by atoms with Gasteiger partial charge in [-0.2, -0.15) is 0 Å². The molecule has 0 spiro atoms. The fourth-order valence-corrected chi connectivity index (χ4v) is 6.28. The zero-order chi connectivity index (χ0) is 25.3. The van der Waals surface area contributed by atoms with Crippen LogP contribution in [0.2, 0.25) is 5.02 Å². The second-order valence-electron chi connectivity index (χ2n) is 10.5. The van der Waals surface area contributed by atoms with Crippen LogP contribution in [0.25, 0.3) is 22.0 Å². The van der Waals surface area contributed by atoms with Gasteiger partial charge in [0.2, 0.25) is 5.88 Å². The van der Waals surface area contributed by atoms with Crippen LogP contribution >= 0.6 is 11.6 Å². The molecule has 2 N–H and O–H groups in total. The zero-order valence-corrected chi connectivity index (χ0v) is 21.7. The maximum Gasteiger partial charge on any atom is 0.240 e. The predicted molar refractivity (Wildman–Crippen MR) is 142 cm³/mol. The highest BCUT2D eigenvalue weighted by molar-refractivity contribution is 6.34. The summed E-state index contributed by atoms with van der Waals surface area (Å²) in [4.78, 5) is 11.6. The number of nitrogens with zero attached hydrogens (tertiary/aromatic N) is 4. The summed E-state index contributed by atoms with van der Waals surface area (Å²) in [6.07, 6.45) is -0.0810. The highest BCUT2D eigenvalue weighted by Crippen LogP contribution is 2.51. The molecule has 3 aliphatic heterocycles. The number of aromatic hydroxyl groups is 1. The SMILES string of the molecule is Cc1cccc(O)c1-c1c(Cl)cc2c3c4c(nc2c1F)O[C@H](CN(C)C)CN4C[C@H]1CN[C@H](C)CN31. The third-order valence-electron chi connectivity index (χ3n) is 7.51.